The molecule has 0 aromatic carbocycles. The molecule has 1 atom stereocenters. The number of nitrogens with one attached hydrogen (secondary N) is 1. The summed E-state index contributed by atoms with van der Waals surface area (Å²) >= 11 is 0. The highest BCUT2D eigenvalue weighted by Gasteiger charge is 2.17. The molecular weight excluding hydrogens is 210 g/mol. The average molecular weight is 237 g/mol. The molecule has 0 fully saturated rings. The predicted octanol–water partition coefficient (Wildman–Crippen LogP) is 3.37. The molecular formula is C15H27NO. The molecule has 1 unspecified atom stereocenters. The van der Waals surface area contributed by atoms with Crippen molar-refractivity contribution in [2.24, 2.45) is 11.3 Å². The molecule has 0 spiro atoms. The monoisotopic (exact) mass is 237 g/mol. The van der Waals surface area contributed by atoms with Crippen LogP contribution in [0.2, 0.25) is 0 Å². The van der Waals surface area contributed by atoms with Gasteiger partial charge in [0.2, 0.25) is 5.91 Å². The minimum atomic E-state index is 0.169. The molecule has 17 heavy (non-hydrogen) atoms. The van der Waals surface area contributed by atoms with E-state index in [-0.39, 0.29) is 5.91 Å². The van der Waals surface area contributed by atoms with Gasteiger partial charge in [0.15, 0.2) is 0 Å². The minimum Gasteiger partial charge on any atom is -0.356 e. The maximum Gasteiger partial charge on any atom is 0.220 e. The number of unbranched alkanes of at least 4 members (excludes halogenated alkanes) is 2. The lowest BCUT2D eigenvalue weighted by atomic mass is 9.84. The first-order valence-electron chi connectivity index (χ1n) is 6.55. The molecule has 0 aliphatic heterocycles. The van der Waals surface area contributed by atoms with Crippen molar-refractivity contribution in [1.82, 2.24) is 5.32 Å². The van der Waals surface area contributed by atoms with Crippen molar-refractivity contribution in [3.8, 4) is 12.3 Å². The number of terminal acetylenes is 1. The highest BCUT2D eigenvalue weighted by Crippen LogP contribution is 2.25. The Morgan fingerprint density at radius 3 is 2.53 bits per heavy atom. The van der Waals surface area contributed by atoms with Gasteiger partial charge in [0.1, 0.15) is 0 Å². The lowest BCUT2D eigenvalue weighted by Gasteiger charge is -2.22. The van der Waals surface area contributed by atoms with Crippen LogP contribution in [0.3, 0.4) is 0 Å². The number of rotatable bonds is 7. The summed E-state index contributed by atoms with van der Waals surface area (Å²) < 4.78 is 0. The van der Waals surface area contributed by atoms with Crippen molar-refractivity contribution in [2.75, 3.05) is 6.54 Å². The number of carbonyl (C=O) groups is 1. The molecule has 2 nitrogen and oxygen atoms in total. The summed E-state index contributed by atoms with van der Waals surface area (Å²) in [7, 11) is 0. The Hall–Kier alpha value is -0.970. The van der Waals surface area contributed by atoms with Crippen LogP contribution in [0.15, 0.2) is 0 Å². The Balaban J connectivity index is 3.62. The first-order valence-corrected chi connectivity index (χ1v) is 6.55. The molecule has 0 saturated carbocycles. The molecule has 0 heterocycles. The molecule has 0 saturated heterocycles. The third-order valence-corrected chi connectivity index (χ3v) is 2.56. The largest absolute Gasteiger partial charge is 0.356 e. The lowest BCUT2D eigenvalue weighted by Crippen LogP contribution is -2.27. The van der Waals surface area contributed by atoms with Gasteiger partial charge in [0.05, 0.1) is 0 Å². The van der Waals surface area contributed by atoms with Crippen LogP contribution < -0.4 is 5.32 Å². The van der Waals surface area contributed by atoms with E-state index < -0.39 is 0 Å². The summed E-state index contributed by atoms with van der Waals surface area (Å²) in [5, 5.41) is 2.95. The van der Waals surface area contributed by atoms with Crippen molar-refractivity contribution >= 4 is 5.91 Å². The van der Waals surface area contributed by atoms with Crippen LogP contribution in [0.4, 0.5) is 0 Å². The zero-order valence-electron chi connectivity index (χ0n) is 11.8. The molecule has 0 aliphatic carbocycles. The molecule has 98 valence electrons. The topological polar surface area (TPSA) is 29.1 Å². The molecule has 0 bridgehead atoms. The molecule has 0 rings (SSSR count). The van der Waals surface area contributed by atoms with E-state index in [1.54, 1.807) is 0 Å². The van der Waals surface area contributed by atoms with E-state index >= 15 is 0 Å². The number of hydrogen-bond acceptors (Lipinski definition) is 1. The molecule has 1 N–H and O–H groups in total. The zero-order chi connectivity index (χ0) is 13.3. The lowest BCUT2D eigenvalue weighted by molar-refractivity contribution is -0.122. The standard InChI is InChI=1S/C15H27NO/c1-6-7-8-9-10-16-14(17)11-13(2)12-15(3,4)5/h1,13H,7-12H2,2-5H3,(H,16,17). The third-order valence-electron chi connectivity index (χ3n) is 2.56. The Kier molecular flexibility index (Phi) is 7.70. The van der Waals surface area contributed by atoms with E-state index in [0.29, 0.717) is 17.8 Å². The molecule has 0 aromatic rings. The summed E-state index contributed by atoms with van der Waals surface area (Å²) in [4.78, 5) is 11.6. The van der Waals surface area contributed by atoms with Crippen molar-refractivity contribution in [1.29, 1.82) is 0 Å². The summed E-state index contributed by atoms with van der Waals surface area (Å²) in [6, 6.07) is 0. The Morgan fingerprint density at radius 2 is 2.00 bits per heavy atom. The maximum absolute atomic E-state index is 11.6. The van der Waals surface area contributed by atoms with Crippen LogP contribution in [0.5, 0.6) is 0 Å². The SMILES string of the molecule is C#CCCCCNC(=O)CC(C)CC(C)(C)C. The average Bonchev–Trinajstić information content (AvgIpc) is 2.14. The minimum absolute atomic E-state index is 0.169. The molecule has 1 amide bonds. The highest BCUT2D eigenvalue weighted by molar-refractivity contribution is 5.76. The van der Waals surface area contributed by atoms with Crippen LogP contribution in [0.25, 0.3) is 0 Å². The molecule has 0 aliphatic rings. The van der Waals surface area contributed by atoms with Crippen LogP contribution in [-0.4, -0.2) is 12.5 Å². The summed E-state index contributed by atoms with van der Waals surface area (Å²) in [6.45, 7) is 9.52. The van der Waals surface area contributed by atoms with Gasteiger partial charge in [0.25, 0.3) is 0 Å². The predicted molar refractivity (Wildman–Crippen MR) is 73.5 cm³/mol. The summed E-state index contributed by atoms with van der Waals surface area (Å²) in [5.41, 5.74) is 0.298. The zero-order valence-corrected chi connectivity index (χ0v) is 11.8. The van der Waals surface area contributed by atoms with Gasteiger partial charge in [-0.15, -0.1) is 12.3 Å². The van der Waals surface area contributed by atoms with E-state index in [0.717, 1.165) is 32.2 Å². The van der Waals surface area contributed by atoms with Crippen molar-refractivity contribution in [3.63, 3.8) is 0 Å². The van der Waals surface area contributed by atoms with E-state index in [1.165, 1.54) is 0 Å². The quantitative estimate of drug-likeness (QED) is 0.534. The number of carbonyl (C=O) groups excluding carboxylic acids is 1. The second kappa shape index (κ2) is 8.17. The fraction of sp³-hybridized carbons (Fsp3) is 0.800. The number of amides is 1. The number of hydrogen-bond donors (Lipinski definition) is 1. The molecule has 0 radical (unpaired) electrons. The van der Waals surface area contributed by atoms with Gasteiger partial charge in [-0.25, -0.2) is 0 Å². The first-order chi connectivity index (χ1) is 7.85. The third kappa shape index (κ3) is 11.3. The Labute approximate surface area is 107 Å². The second-order valence-corrected chi connectivity index (χ2v) is 6.09. The van der Waals surface area contributed by atoms with E-state index in [9.17, 15) is 4.79 Å². The molecule has 0 aromatic heterocycles. The summed E-state index contributed by atoms with van der Waals surface area (Å²) in [6.07, 6.45) is 9.64. The van der Waals surface area contributed by atoms with Gasteiger partial charge in [-0.05, 0) is 30.6 Å². The van der Waals surface area contributed by atoms with Gasteiger partial charge < -0.3 is 5.32 Å². The van der Waals surface area contributed by atoms with Crippen molar-refractivity contribution < 1.29 is 4.79 Å². The van der Waals surface area contributed by atoms with Gasteiger partial charge >= 0.3 is 0 Å². The maximum atomic E-state index is 11.6. The smallest absolute Gasteiger partial charge is 0.220 e. The second-order valence-electron chi connectivity index (χ2n) is 6.09. The van der Waals surface area contributed by atoms with Gasteiger partial charge in [-0.1, -0.05) is 27.7 Å². The van der Waals surface area contributed by atoms with E-state index in [4.69, 9.17) is 6.42 Å². The van der Waals surface area contributed by atoms with Gasteiger partial charge in [0, 0.05) is 19.4 Å². The Bertz CT molecular complexity index is 257. The highest BCUT2D eigenvalue weighted by atomic mass is 16.1. The van der Waals surface area contributed by atoms with Crippen molar-refractivity contribution in [3.05, 3.63) is 0 Å². The van der Waals surface area contributed by atoms with E-state index in [1.807, 2.05) is 0 Å². The first kappa shape index (κ1) is 16.0. The fourth-order valence-electron chi connectivity index (χ4n) is 2.09. The van der Waals surface area contributed by atoms with Crippen LogP contribution in [0.1, 0.15) is 59.8 Å². The fourth-order valence-corrected chi connectivity index (χ4v) is 2.09. The van der Waals surface area contributed by atoms with Gasteiger partial charge in [-0.3, -0.25) is 4.79 Å². The Morgan fingerprint density at radius 1 is 1.35 bits per heavy atom. The van der Waals surface area contributed by atoms with Crippen LogP contribution in [0, 0.1) is 23.7 Å². The molecule has 2 heteroatoms. The van der Waals surface area contributed by atoms with Crippen LogP contribution in [-0.2, 0) is 4.79 Å². The summed E-state index contributed by atoms with van der Waals surface area (Å²) in [5.74, 6) is 3.22. The van der Waals surface area contributed by atoms with Crippen molar-refractivity contribution in [2.45, 2.75) is 59.8 Å². The van der Waals surface area contributed by atoms with E-state index in [2.05, 4.69) is 38.9 Å². The normalized spacial score (nSPS) is 12.9. The van der Waals surface area contributed by atoms with Crippen LogP contribution >= 0.6 is 0 Å². The van der Waals surface area contributed by atoms with Gasteiger partial charge in [-0.2, -0.15) is 0 Å².